The Morgan fingerprint density at radius 2 is 2.29 bits per heavy atom. The molecule has 3 heterocycles. The maximum Gasteiger partial charge on any atom is 0.123 e. The van der Waals surface area contributed by atoms with Gasteiger partial charge in [0.2, 0.25) is 0 Å². The lowest BCUT2D eigenvalue weighted by Crippen LogP contribution is -2.35. The molecule has 1 fully saturated rings. The van der Waals surface area contributed by atoms with Crippen LogP contribution in [0.5, 0.6) is 0 Å². The third-order valence-corrected chi connectivity index (χ3v) is 4.45. The summed E-state index contributed by atoms with van der Waals surface area (Å²) in [7, 11) is 0. The Morgan fingerprint density at radius 3 is 3.00 bits per heavy atom. The topological polar surface area (TPSA) is 49.7 Å². The van der Waals surface area contributed by atoms with Gasteiger partial charge in [-0.15, -0.1) is 0 Å². The number of imidazole rings is 1. The third-order valence-electron chi connectivity index (χ3n) is 4.45. The average Bonchev–Trinajstić information content (AvgIpc) is 3.08. The van der Waals surface area contributed by atoms with Gasteiger partial charge in [0.15, 0.2) is 0 Å². The van der Waals surface area contributed by atoms with Crippen molar-refractivity contribution in [1.82, 2.24) is 24.6 Å². The number of hydrogen-bond acceptors (Lipinski definition) is 3. The van der Waals surface area contributed by atoms with Crippen molar-refractivity contribution in [2.75, 3.05) is 13.1 Å². The minimum atomic E-state index is 0.470. The highest BCUT2D eigenvalue weighted by Gasteiger charge is 2.24. The summed E-state index contributed by atoms with van der Waals surface area (Å²) in [5.74, 6) is 1.75. The number of likely N-dealkylation sites (tertiary alicyclic amines) is 1. The van der Waals surface area contributed by atoms with Crippen LogP contribution < -0.4 is 0 Å². The predicted molar refractivity (Wildman–Crippen MR) is 83.2 cm³/mol. The number of hydrogen-bond donors (Lipinski definition) is 1. The fourth-order valence-corrected chi connectivity index (χ4v) is 3.34. The molecule has 2 aromatic heterocycles. The molecule has 1 atom stereocenters. The summed E-state index contributed by atoms with van der Waals surface area (Å²) in [6, 6.07) is 0.470. The van der Waals surface area contributed by atoms with Crippen molar-refractivity contribution in [3.63, 3.8) is 0 Å². The molecule has 0 bridgehead atoms. The lowest BCUT2D eigenvalue weighted by Gasteiger charge is -2.32. The van der Waals surface area contributed by atoms with Gasteiger partial charge in [-0.05, 0) is 45.7 Å². The Balaban J connectivity index is 1.69. The van der Waals surface area contributed by atoms with Gasteiger partial charge in [0.25, 0.3) is 0 Å². The molecule has 1 saturated heterocycles. The van der Waals surface area contributed by atoms with Crippen LogP contribution in [-0.4, -0.2) is 37.7 Å². The monoisotopic (exact) mass is 287 g/mol. The number of aromatic nitrogens is 4. The van der Waals surface area contributed by atoms with Gasteiger partial charge >= 0.3 is 0 Å². The number of rotatable bonds is 4. The van der Waals surface area contributed by atoms with E-state index < -0.39 is 0 Å². The van der Waals surface area contributed by atoms with Gasteiger partial charge in [0.1, 0.15) is 5.82 Å². The first kappa shape index (κ1) is 14.3. The molecule has 5 nitrogen and oxygen atoms in total. The van der Waals surface area contributed by atoms with E-state index in [-0.39, 0.29) is 0 Å². The molecule has 0 radical (unpaired) electrons. The molecule has 0 unspecified atom stereocenters. The highest BCUT2D eigenvalue weighted by atomic mass is 15.2. The molecule has 0 aromatic carbocycles. The van der Waals surface area contributed by atoms with Crippen molar-refractivity contribution < 1.29 is 0 Å². The third kappa shape index (κ3) is 3.02. The lowest BCUT2D eigenvalue weighted by atomic mass is 9.93. The lowest BCUT2D eigenvalue weighted by molar-refractivity contribution is 0.191. The molecule has 0 saturated carbocycles. The van der Waals surface area contributed by atoms with E-state index in [2.05, 4.69) is 51.6 Å². The first-order valence-corrected chi connectivity index (χ1v) is 7.89. The zero-order chi connectivity index (χ0) is 14.8. The standard InChI is InChI=1S/C16H25N5/c1-12(2)21-8-6-17-15(21)11-20-7-4-5-14(10-20)16-13(3)9-18-19-16/h6,8-9,12,14H,4-5,7,10-11H2,1-3H3,(H,18,19)/t14-/m0/s1. The summed E-state index contributed by atoms with van der Waals surface area (Å²) in [5, 5.41) is 7.36. The van der Waals surface area contributed by atoms with E-state index in [1.165, 1.54) is 29.9 Å². The van der Waals surface area contributed by atoms with Crippen LogP contribution in [0.4, 0.5) is 0 Å². The number of nitrogens with one attached hydrogen (secondary N) is 1. The summed E-state index contributed by atoms with van der Waals surface area (Å²) >= 11 is 0. The molecular formula is C16H25N5. The minimum absolute atomic E-state index is 0.470. The van der Waals surface area contributed by atoms with E-state index in [0.29, 0.717) is 12.0 Å². The predicted octanol–water partition coefficient (Wildman–Crippen LogP) is 2.88. The van der Waals surface area contributed by atoms with Crippen LogP contribution in [0.15, 0.2) is 18.6 Å². The SMILES string of the molecule is Cc1cn[nH]c1[C@H]1CCCN(Cc2nccn2C(C)C)C1. The Morgan fingerprint density at radius 1 is 1.43 bits per heavy atom. The van der Waals surface area contributed by atoms with Crippen molar-refractivity contribution in [3.05, 3.63) is 35.7 Å². The normalized spacial score (nSPS) is 20.3. The van der Waals surface area contributed by atoms with Crippen LogP contribution in [0.25, 0.3) is 0 Å². The van der Waals surface area contributed by atoms with E-state index in [1.54, 1.807) is 0 Å². The van der Waals surface area contributed by atoms with E-state index in [0.717, 1.165) is 19.6 Å². The van der Waals surface area contributed by atoms with E-state index in [1.807, 2.05) is 12.4 Å². The number of piperidine rings is 1. The van der Waals surface area contributed by atoms with Gasteiger partial charge in [-0.1, -0.05) is 0 Å². The molecular weight excluding hydrogens is 262 g/mol. The van der Waals surface area contributed by atoms with E-state index in [4.69, 9.17) is 0 Å². The molecule has 114 valence electrons. The van der Waals surface area contributed by atoms with Crippen molar-refractivity contribution in [2.45, 2.75) is 52.1 Å². The first-order valence-electron chi connectivity index (χ1n) is 7.89. The Bertz CT molecular complexity index is 583. The smallest absolute Gasteiger partial charge is 0.123 e. The second-order valence-corrected chi connectivity index (χ2v) is 6.39. The fraction of sp³-hybridized carbons (Fsp3) is 0.625. The van der Waals surface area contributed by atoms with Crippen LogP contribution in [0.3, 0.4) is 0 Å². The Labute approximate surface area is 126 Å². The molecule has 2 aromatic rings. The number of aryl methyl sites for hydroxylation is 1. The van der Waals surface area contributed by atoms with Gasteiger partial charge < -0.3 is 4.57 Å². The molecule has 0 spiro atoms. The number of H-pyrrole nitrogens is 1. The largest absolute Gasteiger partial charge is 0.331 e. The Kier molecular flexibility index (Phi) is 4.10. The van der Waals surface area contributed by atoms with Crippen molar-refractivity contribution in [2.24, 2.45) is 0 Å². The van der Waals surface area contributed by atoms with E-state index in [9.17, 15) is 0 Å². The van der Waals surface area contributed by atoms with Crippen LogP contribution in [-0.2, 0) is 6.54 Å². The molecule has 1 aliphatic rings. The maximum absolute atomic E-state index is 4.54. The Hall–Kier alpha value is -1.62. The summed E-state index contributed by atoms with van der Waals surface area (Å²) < 4.78 is 2.27. The zero-order valence-electron chi connectivity index (χ0n) is 13.2. The summed E-state index contributed by atoms with van der Waals surface area (Å²) in [6.45, 7) is 9.75. The van der Waals surface area contributed by atoms with Crippen molar-refractivity contribution in [3.8, 4) is 0 Å². The quantitative estimate of drug-likeness (QED) is 0.940. The van der Waals surface area contributed by atoms with Gasteiger partial charge in [0.05, 0.1) is 12.7 Å². The minimum Gasteiger partial charge on any atom is -0.331 e. The van der Waals surface area contributed by atoms with Crippen LogP contribution >= 0.6 is 0 Å². The van der Waals surface area contributed by atoms with Crippen LogP contribution in [0.1, 0.15) is 55.7 Å². The van der Waals surface area contributed by atoms with Gasteiger partial charge in [-0.2, -0.15) is 5.10 Å². The zero-order valence-corrected chi connectivity index (χ0v) is 13.2. The summed E-state index contributed by atoms with van der Waals surface area (Å²) in [4.78, 5) is 7.06. The maximum atomic E-state index is 4.54. The first-order chi connectivity index (χ1) is 10.1. The van der Waals surface area contributed by atoms with Gasteiger partial charge in [-0.3, -0.25) is 10.00 Å². The molecule has 0 aliphatic carbocycles. The second-order valence-electron chi connectivity index (χ2n) is 6.39. The molecule has 3 rings (SSSR count). The number of aromatic amines is 1. The molecule has 1 aliphatic heterocycles. The van der Waals surface area contributed by atoms with Crippen LogP contribution in [0.2, 0.25) is 0 Å². The van der Waals surface area contributed by atoms with Crippen molar-refractivity contribution >= 4 is 0 Å². The summed E-state index contributed by atoms with van der Waals surface area (Å²) in [6.07, 6.45) is 8.42. The fourth-order valence-electron chi connectivity index (χ4n) is 3.34. The average molecular weight is 287 g/mol. The number of nitrogens with zero attached hydrogens (tertiary/aromatic N) is 4. The van der Waals surface area contributed by atoms with Gasteiger partial charge in [0, 0.05) is 36.6 Å². The molecule has 5 heteroatoms. The van der Waals surface area contributed by atoms with Crippen LogP contribution in [0, 0.1) is 6.92 Å². The second kappa shape index (κ2) is 6.02. The highest BCUT2D eigenvalue weighted by molar-refractivity contribution is 5.19. The molecule has 0 amide bonds. The van der Waals surface area contributed by atoms with Crippen molar-refractivity contribution in [1.29, 1.82) is 0 Å². The van der Waals surface area contributed by atoms with Gasteiger partial charge in [-0.25, -0.2) is 4.98 Å². The highest BCUT2D eigenvalue weighted by Crippen LogP contribution is 2.28. The van der Waals surface area contributed by atoms with E-state index >= 15 is 0 Å². The molecule has 1 N–H and O–H groups in total. The summed E-state index contributed by atoms with van der Waals surface area (Å²) in [5.41, 5.74) is 2.59. The molecule has 21 heavy (non-hydrogen) atoms.